The van der Waals surface area contributed by atoms with E-state index >= 15 is 0 Å². The Hall–Kier alpha value is -1.27. The summed E-state index contributed by atoms with van der Waals surface area (Å²) in [5.74, 6) is -2.18. The molecule has 20 heavy (non-hydrogen) atoms. The fourth-order valence-electron chi connectivity index (χ4n) is 1.62. The van der Waals surface area contributed by atoms with Crippen LogP contribution >= 0.6 is 31.9 Å². The van der Waals surface area contributed by atoms with Gasteiger partial charge in [-0.25, -0.2) is 8.78 Å². The number of nitrogens with one attached hydrogen (secondary N) is 1. The monoisotopic (exact) mass is 403 g/mol. The van der Waals surface area contributed by atoms with E-state index in [1.54, 1.807) is 18.2 Å². The van der Waals surface area contributed by atoms with E-state index in [0.717, 1.165) is 6.07 Å². The van der Waals surface area contributed by atoms with Crippen LogP contribution in [0.4, 0.5) is 14.5 Å². The lowest BCUT2D eigenvalue weighted by Gasteiger charge is -2.10. The second-order valence-corrected chi connectivity index (χ2v) is 5.90. The second kappa shape index (κ2) is 6.01. The Bertz CT molecular complexity index is 689. The van der Waals surface area contributed by atoms with Crippen LogP contribution in [0.3, 0.4) is 0 Å². The van der Waals surface area contributed by atoms with Gasteiger partial charge in [0.2, 0.25) is 0 Å². The van der Waals surface area contributed by atoms with E-state index in [0.29, 0.717) is 8.95 Å². The van der Waals surface area contributed by atoms with Gasteiger partial charge in [0.05, 0.1) is 5.56 Å². The highest BCUT2D eigenvalue weighted by Crippen LogP contribution is 2.25. The molecule has 0 heterocycles. The molecule has 0 aliphatic heterocycles. The molecule has 0 spiro atoms. The zero-order chi connectivity index (χ0) is 14.9. The summed E-state index contributed by atoms with van der Waals surface area (Å²) in [7, 11) is 0. The molecule has 0 radical (unpaired) electrons. The molecule has 2 nitrogen and oxygen atoms in total. The Kier molecular flexibility index (Phi) is 4.55. The first kappa shape index (κ1) is 15.1. The topological polar surface area (TPSA) is 29.1 Å². The molecule has 2 rings (SSSR count). The van der Waals surface area contributed by atoms with Crippen LogP contribution in [0.1, 0.15) is 15.9 Å². The first-order valence-corrected chi connectivity index (χ1v) is 7.19. The molecule has 0 aliphatic carbocycles. The molecular weight excluding hydrogens is 396 g/mol. The quantitative estimate of drug-likeness (QED) is 0.745. The predicted octanol–water partition coefficient (Wildman–Crippen LogP) is 5.05. The maximum Gasteiger partial charge on any atom is 0.257 e. The molecule has 104 valence electrons. The number of rotatable bonds is 2. The van der Waals surface area contributed by atoms with E-state index in [-0.39, 0.29) is 11.1 Å². The first-order chi connectivity index (χ1) is 9.40. The third-order valence-corrected chi connectivity index (χ3v) is 3.88. The van der Waals surface area contributed by atoms with Crippen molar-refractivity contribution in [3.63, 3.8) is 0 Å². The Balaban J connectivity index is 2.38. The minimum absolute atomic E-state index is 0.259. The van der Waals surface area contributed by atoms with Crippen LogP contribution in [0.5, 0.6) is 0 Å². The molecule has 6 heteroatoms. The molecule has 0 bridgehead atoms. The zero-order valence-electron chi connectivity index (χ0n) is 10.3. The summed E-state index contributed by atoms with van der Waals surface area (Å²) >= 11 is 6.47. The number of carbonyl (C=O) groups excluding carboxylic acids is 1. The maximum absolute atomic E-state index is 13.8. The number of carbonyl (C=O) groups is 1. The lowest BCUT2D eigenvalue weighted by molar-refractivity contribution is 0.102. The molecule has 2 aromatic carbocycles. The molecule has 0 saturated carbocycles. The predicted molar refractivity (Wildman–Crippen MR) is 80.9 cm³/mol. The molecule has 0 unspecified atom stereocenters. The molecule has 0 saturated heterocycles. The van der Waals surface area contributed by atoms with Gasteiger partial charge < -0.3 is 5.32 Å². The van der Waals surface area contributed by atoms with Crippen LogP contribution in [-0.2, 0) is 0 Å². The van der Waals surface area contributed by atoms with E-state index in [1.807, 2.05) is 0 Å². The van der Waals surface area contributed by atoms with Crippen LogP contribution in [-0.4, -0.2) is 5.91 Å². The summed E-state index contributed by atoms with van der Waals surface area (Å²) in [6, 6.07) is 7.40. The van der Waals surface area contributed by atoms with Gasteiger partial charge >= 0.3 is 0 Å². The number of benzene rings is 2. The van der Waals surface area contributed by atoms with Gasteiger partial charge in [-0.1, -0.05) is 22.0 Å². The van der Waals surface area contributed by atoms with Crippen molar-refractivity contribution in [3.8, 4) is 0 Å². The van der Waals surface area contributed by atoms with Crippen molar-refractivity contribution in [2.75, 3.05) is 5.32 Å². The second-order valence-electron chi connectivity index (χ2n) is 4.13. The van der Waals surface area contributed by atoms with E-state index in [4.69, 9.17) is 0 Å². The molecule has 2 aromatic rings. The van der Waals surface area contributed by atoms with Gasteiger partial charge in [-0.05, 0) is 52.7 Å². The summed E-state index contributed by atoms with van der Waals surface area (Å²) < 4.78 is 28.7. The Morgan fingerprint density at radius 3 is 2.55 bits per heavy atom. The molecular formula is C14H9Br2F2NO. The molecule has 0 aromatic heterocycles. The van der Waals surface area contributed by atoms with Gasteiger partial charge in [0.15, 0.2) is 5.82 Å². The molecule has 1 amide bonds. The highest BCUT2D eigenvalue weighted by Gasteiger charge is 2.17. The van der Waals surface area contributed by atoms with Crippen LogP contribution < -0.4 is 5.32 Å². The first-order valence-electron chi connectivity index (χ1n) is 5.61. The van der Waals surface area contributed by atoms with E-state index in [1.165, 1.54) is 13.0 Å². The van der Waals surface area contributed by atoms with Crippen molar-refractivity contribution in [1.29, 1.82) is 0 Å². The number of amides is 1. The van der Waals surface area contributed by atoms with Gasteiger partial charge in [0.1, 0.15) is 11.5 Å². The van der Waals surface area contributed by atoms with Crippen LogP contribution in [0.2, 0.25) is 0 Å². The average Bonchev–Trinajstić information content (AvgIpc) is 2.41. The highest BCUT2D eigenvalue weighted by molar-refractivity contribution is 9.11. The largest absolute Gasteiger partial charge is 0.317 e. The van der Waals surface area contributed by atoms with Gasteiger partial charge in [-0.2, -0.15) is 0 Å². The maximum atomic E-state index is 13.8. The smallest absolute Gasteiger partial charge is 0.257 e. The average molecular weight is 405 g/mol. The lowest BCUT2D eigenvalue weighted by Crippen LogP contribution is -2.15. The van der Waals surface area contributed by atoms with Gasteiger partial charge in [0.25, 0.3) is 5.91 Å². The Morgan fingerprint density at radius 2 is 1.85 bits per heavy atom. The van der Waals surface area contributed by atoms with Crippen LogP contribution in [0, 0.1) is 18.6 Å². The van der Waals surface area contributed by atoms with Crippen molar-refractivity contribution < 1.29 is 13.6 Å². The molecule has 1 N–H and O–H groups in total. The van der Waals surface area contributed by atoms with E-state index < -0.39 is 23.2 Å². The SMILES string of the molecule is Cc1ccc(F)c(NC(=O)c2cc(Br)ccc2Br)c1F. The van der Waals surface area contributed by atoms with Crippen molar-refractivity contribution in [2.45, 2.75) is 6.92 Å². The van der Waals surface area contributed by atoms with E-state index in [2.05, 4.69) is 37.2 Å². The van der Waals surface area contributed by atoms with Crippen molar-refractivity contribution in [1.82, 2.24) is 0 Å². The van der Waals surface area contributed by atoms with Crippen molar-refractivity contribution in [3.05, 3.63) is 62.0 Å². The fraction of sp³-hybridized carbons (Fsp3) is 0.0714. The van der Waals surface area contributed by atoms with Crippen LogP contribution in [0.15, 0.2) is 39.3 Å². The standard InChI is InChI=1S/C14H9Br2F2NO/c1-7-2-5-11(17)13(12(7)18)19-14(20)9-6-8(15)3-4-10(9)16/h2-6H,1H3,(H,19,20). The summed E-state index contributed by atoms with van der Waals surface area (Å²) in [5, 5.41) is 2.26. The fourth-order valence-corrected chi connectivity index (χ4v) is 2.41. The number of anilines is 1. The lowest BCUT2D eigenvalue weighted by atomic mass is 10.1. The number of hydrogen-bond donors (Lipinski definition) is 1. The zero-order valence-corrected chi connectivity index (χ0v) is 13.5. The highest BCUT2D eigenvalue weighted by atomic mass is 79.9. The number of halogens is 4. The van der Waals surface area contributed by atoms with Crippen LogP contribution in [0.25, 0.3) is 0 Å². The minimum atomic E-state index is -0.812. The molecule has 0 fully saturated rings. The summed E-state index contributed by atoms with van der Waals surface area (Å²) in [6.45, 7) is 1.50. The Labute approximate surface area is 131 Å². The third kappa shape index (κ3) is 3.07. The number of aryl methyl sites for hydroxylation is 1. The minimum Gasteiger partial charge on any atom is -0.317 e. The van der Waals surface area contributed by atoms with Crippen molar-refractivity contribution >= 4 is 43.5 Å². The van der Waals surface area contributed by atoms with E-state index in [9.17, 15) is 13.6 Å². The Morgan fingerprint density at radius 1 is 1.15 bits per heavy atom. The normalized spacial score (nSPS) is 10.4. The third-order valence-electron chi connectivity index (χ3n) is 2.70. The summed E-state index contributed by atoms with van der Waals surface area (Å²) in [4.78, 5) is 12.1. The summed E-state index contributed by atoms with van der Waals surface area (Å²) in [6.07, 6.45) is 0. The van der Waals surface area contributed by atoms with Crippen molar-refractivity contribution in [2.24, 2.45) is 0 Å². The number of hydrogen-bond acceptors (Lipinski definition) is 1. The molecule has 0 aliphatic rings. The molecule has 0 atom stereocenters. The van der Waals surface area contributed by atoms with Gasteiger partial charge in [-0.15, -0.1) is 0 Å². The van der Waals surface area contributed by atoms with Gasteiger partial charge in [-0.3, -0.25) is 4.79 Å². The summed E-state index contributed by atoms with van der Waals surface area (Å²) in [5.41, 5.74) is 0.0940. The van der Waals surface area contributed by atoms with Gasteiger partial charge in [0, 0.05) is 8.95 Å².